The van der Waals surface area contributed by atoms with E-state index in [1.165, 1.54) is 6.07 Å². The fourth-order valence-corrected chi connectivity index (χ4v) is 2.55. The van der Waals surface area contributed by atoms with Gasteiger partial charge in [0.2, 0.25) is 5.82 Å². The SMILES string of the molecule is Cc1ccc(-c2nnn(CC(=O)OCC(=O)Nc3cc(Cl)ccc3Cl)n2)cc1. The minimum atomic E-state index is -0.680. The number of aryl methyl sites for hydroxylation is 1. The number of nitrogens with one attached hydrogen (secondary N) is 1. The molecule has 0 saturated carbocycles. The van der Waals surface area contributed by atoms with Crippen molar-refractivity contribution in [3.05, 3.63) is 58.1 Å². The summed E-state index contributed by atoms with van der Waals surface area (Å²) >= 11 is 11.8. The van der Waals surface area contributed by atoms with Crippen molar-refractivity contribution in [1.82, 2.24) is 20.2 Å². The Kier molecular flexibility index (Phi) is 6.23. The molecule has 0 atom stereocenters. The third-order valence-corrected chi connectivity index (χ3v) is 4.16. The molecule has 0 unspecified atom stereocenters. The summed E-state index contributed by atoms with van der Waals surface area (Å²) in [6.45, 7) is 1.21. The molecule has 0 aliphatic heterocycles. The molecule has 10 heteroatoms. The Labute approximate surface area is 170 Å². The standard InChI is InChI=1S/C18H15Cl2N5O3/c1-11-2-4-12(5-3-11)18-22-24-25(23-18)9-17(27)28-10-16(26)21-15-8-13(19)6-7-14(15)20/h2-8H,9-10H2,1H3,(H,21,26). The lowest BCUT2D eigenvalue weighted by molar-refractivity contribution is -0.148. The molecule has 28 heavy (non-hydrogen) atoms. The van der Waals surface area contributed by atoms with Crippen LogP contribution in [-0.2, 0) is 20.9 Å². The lowest BCUT2D eigenvalue weighted by atomic mass is 10.1. The van der Waals surface area contributed by atoms with Crippen molar-refractivity contribution in [3.8, 4) is 11.4 Å². The van der Waals surface area contributed by atoms with Crippen molar-refractivity contribution >= 4 is 40.8 Å². The largest absolute Gasteiger partial charge is 0.454 e. The number of carbonyl (C=O) groups excluding carboxylic acids is 2. The fourth-order valence-electron chi connectivity index (χ4n) is 2.22. The van der Waals surface area contributed by atoms with Gasteiger partial charge in [0.25, 0.3) is 5.91 Å². The highest BCUT2D eigenvalue weighted by Gasteiger charge is 2.13. The Morgan fingerprint density at radius 3 is 2.64 bits per heavy atom. The van der Waals surface area contributed by atoms with Gasteiger partial charge in [-0.1, -0.05) is 53.0 Å². The molecule has 3 rings (SSSR count). The first-order valence-electron chi connectivity index (χ1n) is 8.16. The average molecular weight is 420 g/mol. The van der Waals surface area contributed by atoms with Gasteiger partial charge in [-0.3, -0.25) is 4.79 Å². The molecule has 1 aromatic heterocycles. The number of rotatable bonds is 6. The first-order chi connectivity index (χ1) is 13.4. The number of aromatic nitrogens is 4. The Balaban J connectivity index is 1.51. The zero-order chi connectivity index (χ0) is 20.1. The molecule has 1 heterocycles. The molecular weight excluding hydrogens is 405 g/mol. The molecule has 0 saturated heterocycles. The lowest BCUT2D eigenvalue weighted by Gasteiger charge is -2.08. The van der Waals surface area contributed by atoms with E-state index in [0.717, 1.165) is 15.9 Å². The summed E-state index contributed by atoms with van der Waals surface area (Å²) in [5.41, 5.74) is 2.22. The number of halogens is 2. The second-order valence-corrected chi connectivity index (χ2v) is 6.69. The van der Waals surface area contributed by atoms with Gasteiger partial charge in [-0.15, -0.1) is 10.2 Å². The molecular formula is C18H15Cl2N5O3. The number of tetrazole rings is 1. The Morgan fingerprint density at radius 1 is 1.14 bits per heavy atom. The number of esters is 1. The van der Waals surface area contributed by atoms with Crippen LogP contribution in [0.25, 0.3) is 11.4 Å². The van der Waals surface area contributed by atoms with E-state index < -0.39 is 18.5 Å². The number of nitrogens with zero attached hydrogens (tertiary/aromatic N) is 4. The van der Waals surface area contributed by atoms with E-state index in [1.54, 1.807) is 12.1 Å². The zero-order valence-corrected chi connectivity index (χ0v) is 16.2. The number of ether oxygens (including phenoxy) is 1. The molecule has 0 aliphatic rings. The summed E-state index contributed by atoms with van der Waals surface area (Å²) in [7, 11) is 0. The molecule has 8 nitrogen and oxygen atoms in total. The van der Waals surface area contributed by atoms with E-state index in [4.69, 9.17) is 27.9 Å². The van der Waals surface area contributed by atoms with Crippen LogP contribution in [0.15, 0.2) is 42.5 Å². The summed E-state index contributed by atoms with van der Waals surface area (Å²) in [5.74, 6) is -0.842. The first kappa shape index (κ1) is 19.8. The van der Waals surface area contributed by atoms with Crippen molar-refractivity contribution in [1.29, 1.82) is 0 Å². The Bertz CT molecular complexity index is 1000. The quantitative estimate of drug-likeness (QED) is 0.616. The summed E-state index contributed by atoms with van der Waals surface area (Å²) < 4.78 is 4.93. The second-order valence-electron chi connectivity index (χ2n) is 5.84. The molecule has 0 radical (unpaired) electrons. The van der Waals surface area contributed by atoms with Crippen molar-refractivity contribution < 1.29 is 14.3 Å². The Hall–Kier alpha value is -2.97. The van der Waals surface area contributed by atoms with Crippen molar-refractivity contribution in [3.63, 3.8) is 0 Å². The van der Waals surface area contributed by atoms with Gasteiger partial charge < -0.3 is 10.1 Å². The summed E-state index contributed by atoms with van der Waals surface area (Å²) in [6.07, 6.45) is 0. The average Bonchev–Trinajstić information content (AvgIpc) is 3.12. The van der Waals surface area contributed by atoms with Gasteiger partial charge in [0.15, 0.2) is 13.2 Å². The summed E-state index contributed by atoms with van der Waals surface area (Å²) in [5, 5.41) is 15.1. The van der Waals surface area contributed by atoms with Gasteiger partial charge in [0.05, 0.1) is 10.7 Å². The van der Waals surface area contributed by atoms with Gasteiger partial charge in [-0.25, -0.2) is 4.79 Å². The van der Waals surface area contributed by atoms with Crippen LogP contribution in [0.4, 0.5) is 5.69 Å². The van der Waals surface area contributed by atoms with E-state index in [9.17, 15) is 9.59 Å². The predicted octanol–water partition coefficient (Wildman–Crippen LogP) is 3.14. The molecule has 144 valence electrons. The van der Waals surface area contributed by atoms with Crippen LogP contribution in [0.2, 0.25) is 10.0 Å². The van der Waals surface area contributed by atoms with Gasteiger partial charge in [0, 0.05) is 10.6 Å². The van der Waals surface area contributed by atoms with Crippen molar-refractivity contribution in [2.45, 2.75) is 13.5 Å². The maximum atomic E-state index is 11.9. The normalized spacial score (nSPS) is 10.5. The smallest absolute Gasteiger partial charge is 0.330 e. The van der Waals surface area contributed by atoms with Crippen LogP contribution in [0.3, 0.4) is 0 Å². The van der Waals surface area contributed by atoms with E-state index in [0.29, 0.717) is 21.6 Å². The van der Waals surface area contributed by atoms with Crippen LogP contribution in [0, 0.1) is 6.92 Å². The van der Waals surface area contributed by atoms with Crippen LogP contribution in [0.5, 0.6) is 0 Å². The molecule has 3 aromatic rings. The van der Waals surface area contributed by atoms with Gasteiger partial charge in [-0.05, 0) is 30.3 Å². The van der Waals surface area contributed by atoms with E-state index in [-0.39, 0.29) is 6.54 Å². The van der Waals surface area contributed by atoms with Gasteiger partial charge in [0.1, 0.15) is 0 Å². The van der Waals surface area contributed by atoms with Gasteiger partial charge >= 0.3 is 5.97 Å². The van der Waals surface area contributed by atoms with Crippen molar-refractivity contribution in [2.75, 3.05) is 11.9 Å². The van der Waals surface area contributed by atoms with Gasteiger partial charge in [-0.2, -0.15) is 4.80 Å². The summed E-state index contributed by atoms with van der Waals surface area (Å²) in [6, 6.07) is 12.2. The topological polar surface area (TPSA) is 99.0 Å². The lowest BCUT2D eigenvalue weighted by Crippen LogP contribution is -2.23. The molecule has 1 amide bonds. The molecule has 0 fully saturated rings. The highest BCUT2D eigenvalue weighted by Crippen LogP contribution is 2.25. The first-order valence-corrected chi connectivity index (χ1v) is 8.91. The van der Waals surface area contributed by atoms with Crippen molar-refractivity contribution in [2.24, 2.45) is 0 Å². The minimum Gasteiger partial charge on any atom is -0.454 e. The zero-order valence-electron chi connectivity index (χ0n) is 14.7. The van der Waals surface area contributed by atoms with Crippen LogP contribution < -0.4 is 5.32 Å². The maximum absolute atomic E-state index is 11.9. The highest BCUT2D eigenvalue weighted by molar-refractivity contribution is 6.35. The van der Waals surface area contributed by atoms with Crippen LogP contribution >= 0.6 is 23.2 Å². The fraction of sp³-hybridized carbons (Fsp3) is 0.167. The molecule has 0 bridgehead atoms. The molecule has 0 spiro atoms. The van der Waals surface area contributed by atoms with Crippen LogP contribution in [-0.4, -0.2) is 38.7 Å². The molecule has 0 aliphatic carbocycles. The Morgan fingerprint density at radius 2 is 1.89 bits per heavy atom. The minimum absolute atomic E-state index is 0.274. The third kappa shape index (κ3) is 5.28. The summed E-state index contributed by atoms with van der Waals surface area (Å²) in [4.78, 5) is 24.9. The number of hydrogen-bond donors (Lipinski definition) is 1. The number of benzene rings is 2. The van der Waals surface area contributed by atoms with E-state index >= 15 is 0 Å². The number of hydrogen-bond acceptors (Lipinski definition) is 6. The highest BCUT2D eigenvalue weighted by atomic mass is 35.5. The number of carbonyl (C=O) groups is 2. The molecule has 1 N–H and O–H groups in total. The van der Waals surface area contributed by atoms with E-state index in [2.05, 4.69) is 20.7 Å². The second kappa shape index (κ2) is 8.81. The maximum Gasteiger partial charge on any atom is 0.330 e. The molecule has 2 aromatic carbocycles. The monoisotopic (exact) mass is 419 g/mol. The number of anilines is 1. The number of amides is 1. The predicted molar refractivity (Wildman–Crippen MR) is 104 cm³/mol. The third-order valence-electron chi connectivity index (χ3n) is 3.60. The van der Waals surface area contributed by atoms with E-state index in [1.807, 2.05) is 31.2 Å². The van der Waals surface area contributed by atoms with Crippen LogP contribution in [0.1, 0.15) is 5.56 Å².